The number of aromatic nitrogens is 3. The number of nitrogens with one attached hydrogen (secondary N) is 1. The first-order valence-corrected chi connectivity index (χ1v) is 6.78. The molecule has 0 bridgehead atoms. The predicted molar refractivity (Wildman–Crippen MR) is 75.0 cm³/mol. The highest BCUT2D eigenvalue weighted by Gasteiger charge is 2.13. The first-order chi connectivity index (χ1) is 8.95. The molecule has 0 aliphatic rings. The molecule has 3 N–H and O–H groups in total. The quantitative estimate of drug-likeness (QED) is 0.870. The van der Waals surface area contributed by atoms with Crippen LogP contribution in [0.25, 0.3) is 0 Å². The number of hydrogen-bond acceptors (Lipinski definition) is 5. The van der Waals surface area contributed by atoms with Gasteiger partial charge in [-0.05, 0) is 20.8 Å². The van der Waals surface area contributed by atoms with Gasteiger partial charge in [0.05, 0.1) is 28.6 Å². The van der Waals surface area contributed by atoms with Gasteiger partial charge in [0.2, 0.25) is 5.91 Å². The van der Waals surface area contributed by atoms with E-state index in [0.29, 0.717) is 0 Å². The van der Waals surface area contributed by atoms with Gasteiger partial charge in [-0.15, -0.1) is 11.3 Å². The van der Waals surface area contributed by atoms with Crippen LogP contribution in [0, 0.1) is 13.8 Å². The van der Waals surface area contributed by atoms with Crippen LogP contribution in [0.5, 0.6) is 0 Å². The number of rotatable bonds is 5. The molecule has 1 amide bonds. The number of thiazole rings is 1. The molecular weight excluding hydrogens is 262 g/mol. The maximum absolute atomic E-state index is 10.8. The van der Waals surface area contributed by atoms with Crippen molar-refractivity contribution in [2.24, 2.45) is 5.73 Å². The summed E-state index contributed by atoms with van der Waals surface area (Å²) in [4.78, 5) is 16.5. The predicted octanol–water partition coefficient (Wildman–Crippen LogP) is 1.61. The highest BCUT2D eigenvalue weighted by atomic mass is 32.1. The SMILES string of the molecule is Cc1nc(C(C)Nc2cnn(CC(N)=O)c2)c(C)s1. The van der Waals surface area contributed by atoms with E-state index in [4.69, 9.17) is 5.73 Å². The van der Waals surface area contributed by atoms with Crippen molar-refractivity contribution in [3.63, 3.8) is 0 Å². The Morgan fingerprint density at radius 3 is 2.89 bits per heavy atom. The molecular formula is C12H17N5OS. The summed E-state index contributed by atoms with van der Waals surface area (Å²) in [6.45, 7) is 6.20. The summed E-state index contributed by atoms with van der Waals surface area (Å²) in [5.74, 6) is -0.409. The Hall–Kier alpha value is -1.89. The van der Waals surface area contributed by atoms with Crippen molar-refractivity contribution in [2.45, 2.75) is 33.4 Å². The number of aryl methyl sites for hydroxylation is 2. The number of nitrogens with two attached hydrogens (primary N) is 1. The molecule has 1 atom stereocenters. The largest absolute Gasteiger partial charge is 0.374 e. The molecule has 2 aromatic heterocycles. The number of carbonyl (C=O) groups excluding carboxylic acids is 1. The summed E-state index contributed by atoms with van der Waals surface area (Å²) in [5, 5.41) is 8.44. The van der Waals surface area contributed by atoms with Crippen LogP contribution in [-0.2, 0) is 11.3 Å². The van der Waals surface area contributed by atoms with Crippen molar-refractivity contribution in [3.8, 4) is 0 Å². The van der Waals surface area contributed by atoms with E-state index in [1.165, 1.54) is 9.56 Å². The van der Waals surface area contributed by atoms with Crippen molar-refractivity contribution in [3.05, 3.63) is 28.0 Å². The van der Waals surface area contributed by atoms with E-state index in [1.807, 2.05) is 13.8 Å². The minimum absolute atomic E-state index is 0.0882. The first kappa shape index (κ1) is 13.5. The van der Waals surface area contributed by atoms with E-state index in [0.717, 1.165) is 16.4 Å². The second-order valence-electron chi connectivity index (χ2n) is 4.43. The van der Waals surface area contributed by atoms with Crippen LogP contribution in [-0.4, -0.2) is 20.7 Å². The van der Waals surface area contributed by atoms with Crippen LogP contribution in [0.3, 0.4) is 0 Å². The van der Waals surface area contributed by atoms with Gasteiger partial charge >= 0.3 is 0 Å². The molecule has 6 nitrogen and oxygen atoms in total. The third kappa shape index (κ3) is 3.31. The maximum Gasteiger partial charge on any atom is 0.239 e. The fourth-order valence-electron chi connectivity index (χ4n) is 1.95. The van der Waals surface area contributed by atoms with E-state index < -0.39 is 5.91 Å². The molecule has 0 saturated carbocycles. The molecule has 0 aliphatic carbocycles. The molecule has 0 aromatic carbocycles. The minimum atomic E-state index is -0.409. The lowest BCUT2D eigenvalue weighted by Gasteiger charge is -2.12. The van der Waals surface area contributed by atoms with Crippen LogP contribution in [0.2, 0.25) is 0 Å². The number of primary amides is 1. The van der Waals surface area contributed by atoms with E-state index in [9.17, 15) is 4.79 Å². The van der Waals surface area contributed by atoms with Gasteiger partial charge in [-0.1, -0.05) is 0 Å². The third-order valence-corrected chi connectivity index (χ3v) is 3.59. The zero-order valence-corrected chi connectivity index (χ0v) is 12.0. The highest BCUT2D eigenvalue weighted by molar-refractivity contribution is 7.11. The second kappa shape index (κ2) is 5.40. The Bertz CT molecular complexity index is 589. The normalized spacial score (nSPS) is 12.4. The van der Waals surface area contributed by atoms with Crippen molar-refractivity contribution < 1.29 is 4.79 Å². The number of nitrogens with zero attached hydrogens (tertiary/aromatic N) is 3. The molecule has 0 radical (unpaired) electrons. The maximum atomic E-state index is 10.8. The van der Waals surface area contributed by atoms with Gasteiger partial charge in [0, 0.05) is 11.1 Å². The summed E-state index contributed by atoms with van der Waals surface area (Å²) in [7, 11) is 0. The monoisotopic (exact) mass is 279 g/mol. The summed E-state index contributed by atoms with van der Waals surface area (Å²) >= 11 is 1.69. The van der Waals surface area contributed by atoms with E-state index >= 15 is 0 Å². The summed E-state index contributed by atoms with van der Waals surface area (Å²) in [6, 6.07) is 0.0937. The summed E-state index contributed by atoms with van der Waals surface area (Å²) in [6.07, 6.45) is 3.43. The Labute approximate surface area is 115 Å². The van der Waals surface area contributed by atoms with E-state index in [-0.39, 0.29) is 12.6 Å². The average molecular weight is 279 g/mol. The molecule has 19 heavy (non-hydrogen) atoms. The van der Waals surface area contributed by atoms with Gasteiger partial charge in [-0.25, -0.2) is 4.98 Å². The molecule has 0 spiro atoms. The second-order valence-corrected chi connectivity index (χ2v) is 5.84. The van der Waals surface area contributed by atoms with Gasteiger partial charge in [0.1, 0.15) is 6.54 Å². The smallest absolute Gasteiger partial charge is 0.239 e. The Kier molecular flexibility index (Phi) is 3.84. The standard InChI is InChI=1S/C12H17N5OS/c1-7(12-8(2)19-9(3)16-12)15-10-4-14-17(5-10)6-11(13)18/h4-5,7,15H,6H2,1-3H3,(H2,13,18). The number of anilines is 1. The molecule has 1 unspecified atom stereocenters. The van der Waals surface area contributed by atoms with E-state index in [2.05, 4.69) is 22.3 Å². The Morgan fingerprint density at radius 1 is 1.58 bits per heavy atom. The lowest BCUT2D eigenvalue weighted by molar-refractivity contribution is -0.118. The van der Waals surface area contributed by atoms with Crippen molar-refractivity contribution in [2.75, 3.05) is 5.32 Å². The number of amides is 1. The van der Waals surface area contributed by atoms with Crippen LogP contribution < -0.4 is 11.1 Å². The molecule has 7 heteroatoms. The highest BCUT2D eigenvalue weighted by Crippen LogP contribution is 2.25. The minimum Gasteiger partial charge on any atom is -0.374 e. The van der Waals surface area contributed by atoms with Gasteiger partial charge < -0.3 is 11.1 Å². The molecule has 2 heterocycles. The molecule has 0 aliphatic heterocycles. The van der Waals surface area contributed by atoms with Crippen LogP contribution in [0.15, 0.2) is 12.4 Å². The van der Waals surface area contributed by atoms with Crippen LogP contribution in [0.1, 0.15) is 28.5 Å². The van der Waals surface area contributed by atoms with Gasteiger partial charge in [0.15, 0.2) is 0 Å². The first-order valence-electron chi connectivity index (χ1n) is 5.97. The molecule has 2 rings (SSSR count). The van der Waals surface area contributed by atoms with Crippen molar-refractivity contribution >= 4 is 22.9 Å². The Balaban J connectivity index is 2.06. The zero-order valence-electron chi connectivity index (χ0n) is 11.2. The third-order valence-electron chi connectivity index (χ3n) is 2.68. The summed E-state index contributed by atoms with van der Waals surface area (Å²) in [5.41, 5.74) is 7.01. The van der Waals surface area contributed by atoms with Crippen molar-refractivity contribution in [1.82, 2.24) is 14.8 Å². The van der Waals surface area contributed by atoms with Gasteiger partial charge in [-0.3, -0.25) is 9.48 Å². The van der Waals surface area contributed by atoms with E-state index in [1.54, 1.807) is 23.7 Å². The van der Waals surface area contributed by atoms with Crippen LogP contribution >= 0.6 is 11.3 Å². The molecule has 102 valence electrons. The fourth-order valence-corrected chi connectivity index (χ4v) is 2.86. The lowest BCUT2D eigenvalue weighted by atomic mass is 10.2. The fraction of sp³-hybridized carbons (Fsp3) is 0.417. The number of carbonyl (C=O) groups is 1. The average Bonchev–Trinajstić information content (AvgIpc) is 2.84. The summed E-state index contributed by atoms with van der Waals surface area (Å²) < 4.78 is 1.51. The van der Waals surface area contributed by atoms with Crippen LogP contribution in [0.4, 0.5) is 5.69 Å². The molecule has 0 fully saturated rings. The van der Waals surface area contributed by atoms with Gasteiger partial charge in [0.25, 0.3) is 0 Å². The molecule has 2 aromatic rings. The van der Waals surface area contributed by atoms with Gasteiger partial charge in [-0.2, -0.15) is 5.10 Å². The Morgan fingerprint density at radius 2 is 2.32 bits per heavy atom. The molecule has 0 saturated heterocycles. The number of hydrogen-bond donors (Lipinski definition) is 2. The topological polar surface area (TPSA) is 85.8 Å². The lowest BCUT2D eigenvalue weighted by Crippen LogP contribution is -2.18. The van der Waals surface area contributed by atoms with Crippen molar-refractivity contribution in [1.29, 1.82) is 0 Å². The zero-order chi connectivity index (χ0) is 14.0.